The third-order valence-electron chi connectivity index (χ3n) is 5.87. The molecule has 0 fully saturated rings. The number of hydrogen-bond acceptors (Lipinski definition) is 5. The van der Waals surface area contributed by atoms with E-state index in [0.717, 1.165) is 33.6 Å². The second-order valence-electron chi connectivity index (χ2n) is 8.55. The van der Waals surface area contributed by atoms with Crippen LogP contribution in [0.4, 0.5) is 5.69 Å². The van der Waals surface area contributed by atoms with Crippen molar-refractivity contribution >= 4 is 39.1 Å². The number of aromatic nitrogens is 2. The zero-order valence-corrected chi connectivity index (χ0v) is 20.4. The zero-order chi connectivity index (χ0) is 24.7. The molecule has 0 aliphatic carbocycles. The Morgan fingerprint density at radius 2 is 1.65 bits per heavy atom. The highest BCUT2D eigenvalue weighted by Gasteiger charge is 2.26. The van der Waals surface area contributed by atoms with Crippen LogP contribution in [0.3, 0.4) is 0 Å². The molecular weight excluding hydrogens is 450 g/mol. The summed E-state index contributed by atoms with van der Waals surface area (Å²) in [7, 11) is 0. The summed E-state index contributed by atoms with van der Waals surface area (Å²) < 4.78 is 1.29. The van der Waals surface area contributed by atoms with Crippen LogP contribution in [0.2, 0.25) is 0 Å². The van der Waals surface area contributed by atoms with E-state index in [1.54, 1.807) is 6.92 Å². The van der Waals surface area contributed by atoms with Crippen molar-refractivity contribution in [3.63, 3.8) is 0 Å². The Balaban J connectivity index is 1.89. The summed E-state index contributed by atoms with van der Waals surface area (Å²) >= 11 is 1.10. The standard InChI is InChI=1S/C26H25N3O4S/c1-13-6-8-18(9-7-13)22-28-24-20(19(12-34-24)26(32)33)25(31)29(22)17(5)23(30)27-21-15(3)10-14(2)11-16(21)4/h6-12,17H,1-5H3,(H,27,30)(H,32,33). The first-order valence-electron chi connectivity index (χ1n) is 10.8. The second kappa shape index (κ2) is 8.87. The number of hydrogen-bond donors (Lipinski definition) is 2. The molecule has 2 aromatic heterocycles. The summed E-state index contributed by atoms with van der Waals surface area (Å²) in [5.41, 5.74) is 4.66. The molecule has 1 atom stereocenters. The molecule has 0 saturated carbocycles. The first-order valence-corrected chi connectivity index (χ1v) is 11.7. The molecule has 7 nitrogen and oxygen atoms in total. The Kier molecular flexibility index (Phi) is 6.10. The van der Waals surface area contributed by atoms with Gasteiger partial charge >= 0.3 is 5.97 Å². The summed E-state index contributed by atoms with van der Waals surface area (Å²) in [4.78, 5) is 43.7. The number of carboxylic acids is 1. The van der Waals surface area contributed by atoms with Gasteiger partial charge in [0.2, 0.25) is 5.91 Å². The largest absolute Gasteiger partial charge is 0.478 e. The minimum Gasteiger partial charge on any atom is -0.478 e. The first-order chi connectivity index (χ1) is 16.1. The summed E-state index contributed by atoms with van der Waals surface area (Å²) in [5, 5.41) is 14.0. The van der Waals surface area contributed by atoms with Gasteiger partial charge in [-0.05, 0) is 45.7 Å². The van der Waals surface area contributed by atoms with Crippen LogP contribution >= 0.6 is 11.3 Å². The molecule has 0 saturated heterocycles. The van der Waals surface area contributed by atoms with Gasteiger partial charge in [-0.3, -0.25) is 14.2 Å². The van der Waals surface area contributed by atoms with E-state index in [-0.39, 0.29) is 10.9 Å². The van der Waals surface area contributed by atoms with Crippen molar-refractivity contribution in [3.05, 3.63) is 79.9 Å². The maximum atomic E-state index is 13.6. The van der Waals surface area contributed by atoms with Crippen LogP contribution in [0.5, 0.6) is 0 Å². The summed E-state index contributed by atoms with van der Waals surface area (Å²) in [6, 6.07) is 10.5. The monoisotopic (exact) mass is 475 g/mol. The van der Waals surface area contributed by atoms with Crippen LogP contribution in [0.1, 0.15) is 45.6 Å². The van der Waals surface area contributed by atoms with Crippen LogP contribution in [-0.4, -0.2) is 26.5 Å². The fraction of sp³-hybridized carbons (Fsp3) is 0.231. The lowest BCUT2D eigenvalue weighted by molar-refractivity contribution is -0.118. The van der Waals surface area contributed by atoms with Gasteiger partial charge in [-0.15, -0.1) is 11.3 Å². The Labute approximate surface area is 200 Å². The predicted molar refractivity (Wildman–Crippen MR) is 135 cm³/mol. The Hall–Kier alpha value is -3.78. The second-order valence-corrected chi connectivity index (χ2v) is 9.41. The predicted octanol–water partition coefficient (Wildman–Crippen LogP) is 5.26. The molecule has 4 rings (SSSR count). The van der Waals surface area contributed by atoms with Crippen molar-refractivity contribution in [1.82, 2.24) is 9.55 Å². The maximum absolute atomic E-state index is 13.6. The van der Waals surface area contributed by atoms with Crippen LogP contribution in [0, 0.1) is 27.7 Å². The van der Waals surface area contributed by atoms with E-state index < -0.39 is 23.5 Å². The van der Waals surface area contributed by atoms with E-state index in [2.05, 4.69) is 10.3 Å². The number of rotatable bonds is 5. The van der Waals surface area contributed by atoms with Gasteiger partial charge in [0.15, 0.2) is 0 Å². The lowest BCUT2D eigenvalue weighted by Gasteiger charge is -2.21. The Bertz CT molecular complexity index is 1480. The number of amides is 1. The van der Waals surface area contributed by atoms with Crippen molar-refractivity contribution in [2.45, 2.75) is 40.7 Å². The van der Waals surface area contributed by atoms with Crippen molar-refractivity contribution in [2.24, 2.45) is 0 Å². The van der Waals surface area contributed by atoms with Crippen molar-refractivity contribution in [2.75, 3.05) is 5.32 Å². The molecule has 0 spiro atoms. The molecule has 174 valence electrons. The van der Waals surface area contributed by atoms with Crippen molar-refractivity contribution in [1.29, 1.82) is 0 Å². The highest BCUT2D eigenvalue weighted by atomic mass is 32.1. The smallest absolute Gasteiger partial charge is 0.337 e. The highest BCUT2D eigenvalue weighted by molar-refractivity contribution is 7.17. The fourth-order valence-electron chi connectivity index (χ4n) is 4.15. The molecule has 2 heterocycles. The van der Waals surface area contributed by atoms with Gasteiger partial charge in [0.25, 0.3) is 5.56 Å². The van der Waals surface area contributed by atoms with Crippen LogP contribution in [-0.2, 0) is 4.79 Å². The number of carbonyl (C=O) groups is 2. The minimum atomic E-state index is -1.21. The number of nitrogens with zero attached hydrogens (tertiary/aromatic N) is 2. The Morgan fingerprint density at radius 3 is 2.24 bits per heavy atom. The number of fused-ring (bicyclic) bond motifs is 1. The van der Waals surface area contributed by atoms with Gasteiger partial charge in [-0.2, -0.15) is 0 Å². The topological polar surface area (TPSA) is 101 Å². The maximum Gasteiger partial charge on any atom is 0.337 e. The number of anilines is 1. The molecule has 34 heavy (non-hydrogen) atoms. The molecule has 2 N–H and O–H groups in total. The number of benzene rings is 2. The molecular formula is C26H25N3O4S. The van der Waals surface area contributed by atoms with Crippen molar-refractivity contribution < 1.29 is 14.7 Å². The molecule has 0 radical (unpaired) electrons. The molecule has 0 aliphatic heterocycles. The number of carboxylic acid groups (broad SMARTS) is 1. The van der Waals surface area contributed by atoms with Crippen LogP contribution < -0.4 is 10.9 Å². The third-order valence-corrected chi connectivity index (χ3v) is 6.74. The zero-order valence-electron chi connectivity index (χ0n) is 19.6. The number of aryl methyl sites for hydroxylation is 4. The van der Waals surface area contributed by atoms with Crippen LogP contribution in [0.25, 0.3) is 21.6 Å². The van der Waals surface area contributed by atoms with Gasteiger partial charge in [-0.25, -0.2) is 9.78 Å². The molecule has 0 aliphatic rings. The number of thiophene rings is 1. The molecule has 8 heteroatoms. The van der Waals surface area contributed by atoms with Gasteiger partial charge in [0.1, 0.15) is 16.7 Å². The SMILES string of the molecule is Cc1ccc(-c2nc3scc(C(=O)O)c3c(=O)n2C(C)C(=O)Nc2c(C)cc(C)cc2C)cc1. The van der Waals surface area contributed by atoms with Gasteiger partial charge in [0, 0.05) is 16.6 Å². The molecule has 2 aromatic carbocycles. The average molecular weight is 476 g/mol. The highest BCUT2D eigenvalue weighted by Crippen LogP contribution is 2.29. The Morgan fingerprint density at radius 1 is 1.03 bits per heavy atom. The lowest BCUT2D eigenvalue weighted by atomic mass is 10.0. The molecule has 4 aromatic rings. The van der Waals surface area contributed by atoms with Crippen molar-refractivity contribution in [3.8, 4) is 11.4 Å². The quantitative estimate of drug-likeness (QED) is 0.410. The minimum absolute atomic E-state index is 0.00992. The lowest BCUT2D eigenvalue weighted by Crippen LogP contribution is -2.34. The van der Waals surface area contributed by atoms with E-state index in [0.29, 0.717) is 21.9 Å². The van der Waals surface area contributed by atoms with E-state index in [4.69, 9.17) is 0 Å². The molecule has 0 bridgehead atoms. The summed E-state index contributed by atoms with van der Waals surface area (Å²) in [6.07, 6.45) is 0. The van der Waals surface area contributed by atoms with E-state index in [1.807, 2.05) is 64.1 Å². The number of aromatic carboxylic acids is 1. The number of nitrogens with one attached hydrogen (secondary N) is 1. The normalized spacial score (nSPS) is 12.0. The molecule has 1 amide bonds. The number of carbonyl (C=O) groups excluding carboxylic acids is 1. The molecule has 1 unspecified atom stereocenters. The van der Waals surface area contributed by atoms with Crippen LogP contribution in [0.15, 0.2) is 46.6 Å². The average Bonchev–Trinajstić information content (AvgIpc) is 3.21. The van der Waals surface area contributed by atoms with E-state index in [9.17, 15) is 19.5 Å². The first kappa shape index (κ1) is 23.4. The fourth-order valence-corrected chi connectivity index (χ4v) is 5.05. The van der Waals surface area contributed by atoms with Gasteiger partial charge in [-0.1, -0.05) is 47.5 Å². The van der Waals surface area contributed by atoms with Gasteiger partial charge < -0.3 is 10.4 Å². The van der Waals surface area contributed by atoms with E-state index >= 15 is 0 Å². The van der Waals surface area contributed by atoms with Gasteiger partial charge in [0.05, 0.1) is 10.9 Å². The summed E-state index contributed by atoms with van der Waals surface area (Å²) in [6.45, 7) is 9.40. The third kappa shape index (κ3) is 4.12. The van der Waals surface area contributed by atoms with E-state index in [1.165, 1.54) is 9.95 Å². The summed E-state index contributed by atoms with van der Waals surface area (Å²) in [5.74, 6) is -1.28.